The minimum atomic E-state index is -4.33. The van der Waals surface area contributed by atoms with E-state index in [1.165, 1.54) is 6.08 Å². The first-order valence-electron chi connectivity index (χ1n) is 9.38. The molecule has 1 aromatic rings. The number of aliphatic carboxylic acids is 1. The highest BCUT2D eigenvalue weighted by atomic mass is 35.5. The molecule has 0 bridgehead atoms. The molecule has 1 heterocycles. The molecule has 28 heavy (non-hydrogen) atoms. The fourth-order valence-electron chi connectivity index (χ4n) is 4.15. The Morgan fingerprint density at radius 1 is 1.25 bits per heavy atom. The van der Waals surface area contributed by atoms with Crippen molar-refractivity contribution in [3.05, 3.63) is 58.7 Å². The molecule has 0 radical (unpaired) electrons. The predicted octanol–water partition coefficient (Wildman–Crippen LogP) is 5.46. The molecule has 1 aromatic carbocycles. The highest BCUT2D eigenvalue weighted by molar-refractivity contribution is 6.30. The van der Waals surface area contributed by atoms with Crippen LogP contribution in [0.1, 0.15) is 31.2 Å². The maximum atomic E-state index is 12.9. The second kappa shape index (κ2) is 8.70. The first kappa shape index (κ1) is 20.9. The zero-order chi connectivity index (χ0) is 20.3. The van der Waals surface area contributed by atoms with Crippen LogP contribution in [0.2, 0.25) is 5.02 Å². The van der Waals surface area contributed by atoms with Crippen LogP contribution < -0.4 is 0 Å². The Bertz CT molecular complexity index is 758. The first-order valence-corrected chi connectivity index (χ1v) is 9.76. The number of nitrogens with zero attached hydrogens (tertiary/aromatic N) is 1. The van der Waals surface area contributed by atoms with Gasteiger partial charge in [0.05, 0.1) is 5.57 Å². The molecule has 3 atom stereocenters. The van der Waals surface area contributed by atoms with E-state index in [0.717, 1.165) is 24.6 Å². The third-order valence-corrected chi connectivity index (χ3v) is 5.84. The van der Waals surface area contributed by atoms with E-state index < -0.39 is 17.7 Å². The van der Waals surface area contributed by atoms with Crippen LogP contribution in [-0.2, 0) is 11.3 Å². The highest BCUT2D eigenvalue weighted by Gasteiger charge is 2.37. The van der Waals surface area contributed by atoms with Crippen LogP contribution in [0.3, 0.4) is 0 Å². The van der Waals surface area contributed by atoms with Gasteiger partial charge in [0.2, 0.25) is 0 Å². The number of carbonyl (C=O) groups is 1. The number of rotatable bonds is 5. The Balaban J connectivity index is 1.75. The van der Waals surface area contributed by atoms with Gasteiger partial charge in [-0.2, -0.15) is 13.2 Å². The van der Waals surface area contributed by atoms with Gasteiger partial charge in [0.1, 0.15) is 0 Å². The SMILES string of the molecule is O=C(O)C[C@H]1CCN(Cc2ccc(Cl)cc2)[C@@H](C2C=CC(C(F)(F)F)=CC2)C1. The minimum Gasteiger partial charge on any atom is -0.481 e. The number of hydrogen-bond acceptors (Lipinski definition) is 2. The van der Waals surface area contributed by atoms with Crippen LogP contribution in [0.15, 0.2) is 48.1 Å². The lowest BCUT2D eigenvalue weighted by molar-refractivity contribution is -0.138. The second-order valence-corrected chi connectivity index (χ2v) is 8.00. The fraction of sp³-hybridized carbons (Fsp3) is 0.476. The lowest BCUT2D eigenvalue weighted by Gasteiger charge is -2.43. The Morgan fingerprint density at radius 2 is 1.96 bits per heavy atom. The topological polar surface area (TPSA) is 40.5 Å². The lowest BCUT2D eigenvalue weighted by atomic mass is 9.79. The average molecular weight is 414 g/mol. The summed E-state index contributed by atoms with van der Waals surface area (Å²) in [7, 11) is 0. The molecule has 0 saturated carbocycles. The van der Waals surface area contributed by atoms with Crippen LogP contribution in [0, 0.1) is 11.8 Å². The van der Waals surface area contributed by atoms with E-state index in [0.29, 0.717) is 24.4 Å². The van der Waals surface area contributed by atoms with Gasteiger partial charge in [-0.3, -0.25) is 9.69 Å². The van der Waals surface area contributed by atoms with E-state index in [4.69, 9.17) is 16.7 Å². The van der Waals surface area contributed by atoms with E-state index in [-0.39, 0.29) is 24.3 Å². The van der Waals surface area contributed by atoms with E-state index in [1.54, 1.807) is 6.08 Å². The summed E-state index contributed by atoms with van der Waals surface area (Å²) in [5, 5.41) is 9.79. The molecular formula is C21H23ClF3NO2. The van der Waals surface area contributed by atoms with Gasteiger partial charge in [-0.1, -0.05) is 42.0 Å². The Morgan fingerprint density at radius 3 is 2.54 bits per heavy atom. The molecule has 3 rings (SSSR count). The van der Waals surface area contributed by atoms with Gasteiger partial charge in [-0.15, -0.1) is 0 Å². The van der Waals surface area contributed by atoms with Crippen molar-refractivity contribution in [1.29, 1.82) is 0 Å². The van der Waals surface area contributed by atoms with E-state index >= 15 is 0 Å². The van der Waals surface area contributed by atoms with Crippen LogP contribution >= 0.6 is 11.6 Å². The summed E-state index contributed by atoms with van der Waals surface area (Å²) in [6.45, 7) is 1.40. The third kappa shape index (κ3) is 5.39. The van der Waals surface area contributed by atoms with Gasteiger partial charge in [0, 0.05) is 24.0 Å². The van der Waals surface area contributed by atoms with Gasteiger partial charge in [-0.25, -0.2) is 0 Å². The zero-order valence-corrected chi connectivity index (χ0v) is 16.1. The van der Waals surface area contributed by atoms with Crippen molar-refractivity contribution in [2.75, 3.05) is 6.54 Å². The van der Waals surface area contributed by atoms with Crippen LogP contribution in [0.5, 0.6) is 0 Å². The summed E-state index contributed by atoms with van der Waals surface area (Å²) in [5.74, 6) is -0.839. The predicted molar refractivity (Wildman–Crippen MR) is 102 cm³/mol. The van der Waals surface area contributed by atoms with Gasteiger partial charge in [0.25, 0.3) is 0 Å². The van der Waals surface area contributed by atoms with Crippen molar-refractivity contribution in [3.8, 4) is 0 Å². The summed E-state index contributed by atoms with van der Waals surface area (Å²) in [6.07, 6.45) is 1.59. The normalized spacial score (nSPS) is 26.1. The molecule has 2 aliphatic rings. The van der Waals surface area contributed by atoms with Gasteiger partial charge in [0.15, 0.2) is 0 Å². The van der Waals surface area contributed by atoms with Gasteiger partial charge < -0.3 is 5.11 Å². The van der Waals surface area contributed by atoms with Crippen LogP contribution in [0.25, 0.3) is 0 Å². The number of alkyl halides is 3. The van der Waals surface area contributed by atoms with Crippen molar-refractivity contribution >= 4 is 17.6 Å². The molecule has 1 N–H and O–H groups in total. The summed E-state index contributed by atoms with van der Waals surface area (Å²) >= 11 is 5.95. The Labute approximate surface area is 167 Å². The number of likely N-dealkylation sites (tertiary alicyclic amines) is 1. The smallest absolute Gasteiger partial charge is 0.416 e. The molecule has 0 spiro atoms. The number of hydrogen-bond donors (Lipinski definition) is 1. The molecule has 7 heteroatoms. The van der Waals surface area contributed by atoms with Crippen molar-refractivity contribution in [1.82, 2.24) is 4.90 Å². The molecule has 0 aromatic heterocycles. The first-order chi connectivity index (χ1) is 13.2. The maximum Gasteiger partial charge on any atom is 0.416 e. The Hall–Kier alpha value is -1.79. The molecule has 3 nitrogen and oxygen atoms in total. The molecule has 1 aliphatic heterocycles. The summed E-state index contributed by atoms with van der Waals surface area (Å²) < 4.78 is 38.7. The van der Waals surface area contributed by atoms with Crippen molar-refractivity contribution in [2.45, 2.75) is 44.4 Å². The van der Waals surface area contributed by atoms with Crippen LogP contribution in [0.4, 0.5) is 13.2 Å². The number of benzene rings is 1. The molecule has 0 amide bonds. The van der Waals surface area contributed by atoms with E-state index in [1.807, 2.05) is 24.3 Å². The third-order valence-electron chi connectivity index (χ3n) is 5.59. The monoisotopic (exact) mass is 413 g/mol. The molecule has 1 saturated heterocycles. The quantitative estimate of drug-likeness (QED) is 0.696. The molecule has 1 fully saturated rings. The van der Waals surface area contributed by atoms with Gasteiger partial charge >= 0.3 is 12.1 Å². The lowest BCUT2D eigenvalue weighted by Crippen LogP contribution is -2.46. The molecular weight excluding hydrogens is 391 g/mol. The van der Waals surface area contributed by atoms with Crippen LogP contribution in [-0.4, -0.2) is 34.7 Å². The molecule has 152 valence electrons. The zero-order valence-electron chi connectivity index (χ0n) is 15.3. The summed E-state index contributed by atoms with van der Waals surface area (Å²) in [5.41, 5.74) is 0.475. The number of carboxylic acids is 1. The molecule has 1 aliphatic carbocycles. The minimum absolute atomic E-state index is 0.0102. The highest BCUT2D eigenvalue weighted by Crippen LogP contribution is 2.37. The molecule has 1 unspecified atom stereocenters. The average Bonchev–Trinajstić information content (AvgIpc) is 2.64. The number of piperidine rings is 1. The number of halogens is 4. The van der Waals surface area contributed by atoms with Gasteiger partial charge in [-0.05, 0) is 55.3 Å². The number of carboxylic acid groups (broad SMARTS) is 1. The largest absolute Gasteiger partial charge is 0.481 e. The van der Waals surface area contributed by atoms with E-state index in [2.05, 4.69) is 4.90 Å². The second-order valence-electron chi connectivity index (χ2n) is 7.57. The Kier molecular flexibility index (Phi) is 6.50. The summed E-state index contributed by atoms with van der Waals surface area (Å²) in [6, 6.07) is 7.54. The summed E-state index contributed by atoms with van der Waals surface area (Å²) in [4.78, 5) is 13.4. The maximum absolute atomic E-state index is 12.9. The number of allylic oxidation sites excluding steroid dienone is 3. The fourth-order valence-corrected chi connectivity index (χ4v) is 4.28. The van der Waals surface area contributed by atoms with E-state index in [9.17, 15) is 18.0 Å². The van der Waals surface area contributed by atoms with Crippen molar-refractivity contribution in [3.63, 3.8) is 0 Å². The van der Waals surface area contributed by atoms with Crippen molar-refractivity contribution < 1.29 is 23.1 Å². The van der Waals surface area contributed by atoms with Crippen molar-refractivity contribution in [2.24, 2.45) is 11.8 Å². The standard InChI is InChI=1S/C21H23ClF3NO2/c22-18-7-1-14(2-8-18)13-26-10-9-15(12-20(27)28)11-19(26)16-3-5-17(6-4-16)21(23,24)25/h1-3,5-8,15-16,19H,4,9-13H2,(H,27,28)/t15-,16?,19+/m0/s1.